The van der Waals surface area contributed by atoms with Crippen molar-refractivity contribution in [2.45, 2.75) is 45.2 Å². The Labute approximate surface area is 188 Å². The molecule has 0 bridgehead atoms. The topological polar surface area (TPSA) is 83.0 Å². The Bertz CT molecular complexity index is 997. The molecule has 2 aromatic rings. The van der Waals surface area contributed by atoms with Crippen LogP contribution in [0, 0.1) is 5.92 Å². The van der Waals surface area contributed by atoms with E-state index in [0.717, 1.165) is 48.4 Å². The van der Waals surface area contributed by atoms with E-state index >= 15 is 0 Å². The average molecular weight is 435 g/mol. The fourth-order valence-corrected chi connectivity index (χ4v) is 4.44. The van der Waals surface area contributed by atoms with Crippen molar-refractivity contribution in [3.63, 3.8) is 0 Å². The van der Waals surface area contributed by atoms with Crippen molar-refractivity contribution >= 4 is 29.0 Å². The second-order valence-corrected chi connectivity index (χ2v) is 8.22. The number of benzodiazepines with no additional fused rings is 1. The van der Waals surface area contributed by atoms with Crippen molar-refractivity contribution in [1.82, 2.24) is 5.32 Å². The highest BCUT2D eigenvalue weighted by molar-refractivity contribution is 6.14. The number of hydrogen-bond acceptors (Lipinski definition) is 4. The van der Waals surface area contributed by atoms with Crippen LogP contribution in [0.1, 0.15) is 44.6 Å². The van der Waals surface area contributed by atoms with Crippen LogP contribution in [0.4, 0.5) is 16.2 Å². The van der Waals surface area contributed by atoms with E-state index in [1.807, 2.05) is 31.2 Å². The van der Waals surface area contributed by atoms with Gasteiger partial charge in [-0.1, -0.05) is 37.5 Å². The van der Waals surface area contributed by atoms with Gasteiger partial charge < -0.3 is 20.3 Å². The third-order valence-electron chi connectivity index (χ3n) is 6.06. The molecule has 1 atom stereocenters. The van der Waals surface area contributed by atoms with Crippen molar-refractivity contribution in [1.29, 1.82) is 0 Å². The molecule has 0 radical (unpaired) electrons. The number of benzene rings is 2. The zero-order valence-corrected chi connectivity index (χ0v) is 18.6. The highest BCUT2D eigenvalue weighted by atomic mass is 16.5. The summed E-state index contributed by atoms with van der Waals surface area (Å²) in [5.41, 5.74) is 3.34. The van der Waals surface area contributed by atoms with Crippen molar-refractivity contribution in [2.24, 2.45) is 10.9 Å². The lowest BCUT2D eigenvalue weighted by Crippen LogP contribution is -2.47. The van der Waals surface area contributed by atoms with E-state index in [-0.39, 0.29) is 5.91 Å². The molecule has 1 aliphatic carbocycles. The van der Waals surface area contributed by atoms with E-state index in [0.29, 0.717) is 18.2 Å². The van der Waals surface area contributed by atoms with Crippen molar-refractivity contribution in [3.8, 4) is 5.75 Å². The molecule has 0 spiro atoms. The predicted octanol–water partition coefficient (Wildman–Crippen LogP) is 4.58. The monoisotopic (exact) mass is 434 g/mol. The van der Waals surface area contributed by atoms with Gasteiger partial charge in [0.05, 0.1) is 18.0 Å². The molecule has 1 unspecified atom stereocenters. The summed E-state index contributed by atoms with van der Waals surface area (Å²) in [4.78, 5) is 32.3. The third-order valence-corrected chi connectivity index (χ3v) is 6.06. The molecule has 3 amide bonds. The Hall–Kier alpha value is -3.35. The molecule has 1 saturated carbocycles. The van der Waals surface area contributed by atoms with Gasteiger partial charge in [0.1, 0.15) is 5.75 Å². The standard InChI is InChI=1S/C25H30N4O3/c1-3-32-19-15-13-18(14-16-19)26-25(31)28-23-24(30)29(2)21-12-8-7-11-20(21)22(27-23)17-9-5-4-6-10-17/h7-8,11-17,23H,3-6,9-10H2,1-2H3,(H2,26,28,31). The van der Waals surface area contributed by atoms with Gasteiger partial charge in [0.25, 0.3) is 5.91 Å². The number of anilines is 2. The maximum atomic E-state index is 13.2. The van der Waals surface area contributed by atoms with Crippen molar-refractivity contribution in [3.05, 3.63) is 54.1 Å². The minimum absolute atomic E-state index is 0.259. The summed E-state index contributed by atoms with van der Waals surface area (Å²) < 4.78 is 5.43. The molecule has 2 aromatic carbocycles. The molecule has 32 heavy (non-hydrogen) atoms. The summed E-state index contributed by atoms with van der Waals surface area (Å²) in [6.07, 6.45) is 4.67. The Kier molecular flexibility index (Phi) is 6.73. The lowest BCUT2D eigenvalue weighted by atomic mass is 9.83. The zero-order chi connectivity index (χ0) is 22.5. The first-order valence-electron chi connectivity index (χ1n) is 11.3. The Balaban J connectivity index is 1.56. The number of para-hydroxylation sites is 1. The normalized spacial score (nSPS) is 18.9. The number of nitrogens with one attached hydrogen (secondary N) is 2. The van der Waals surface area contributed by atoms with Gasteiger partial charge in [-0.3, -0.25) is 9.79 Å². The van der Waals surface area contributed by atoms with Crippen LogP contribution in [-0.2, 0) is 4.79 Å². The van der Waals surface area contributed by atoms with Gasteiger partial charge in [-0.15, -0.1) is 0 Å². The van der Waals surface area contributed by atoms with Crippen molar-refractivity contribution in [2.75, 3.05) is 23.9 Å². The lowest BCUT2D eigenvalue weighted by molar-refractivity contribution is -0.119. The highest BCUT2D eigenvalue weighted by Gasteiger charge is 2.33. The summed E-state index contributed by atoms with van der Waals surface area (Å²) in [6, 6.07) is 14.5. The van der Waals surface area contributed by atoms with Crippen LogP contribution < -0.4 is 20.3 Å². The van der Waals surface area contributed by atoms with E-state index in [1.54, 1.807) is 36.2 Å². The van der Waals surface area contributed by atoms with Crippen LogP contribution in [0.3, 0.4) is 0 Å². The molecule has 0 aromatic heterocycles. The van der Waals surface area contributed by atoms with E-state index in [1.165, 1.54) is 6.42 Å². The van der Waals surface area contributed by atoms with Gasteiger partial charge in [-0.25, -0.2) is 4.79 Å². The Morgan fingerprint density at radius 1 is 1.09 bits per heavy atom. The molecule has 2 N–H and O–H groups in total. The van der Waals surface area contributed by atoms with Gasteiger partial charge in [0, 0.05) is 24.2 Å². The fraction of sp³-hybridized carbons (Fsp3) is 0.400. The van der Waals surface area contributed by atoms with Crippen LogP contribution in [-0.4, -0.2) is 37.5 Å². The van der Waals surface area contributed by atoms with Crippen LogP contribution in [0.5, 0.6) is 5.75 Å². The number of carbonyl (C=O) groups is 2. The maximum Gasteiger partial charge on any atom is 0.321 e. The quantitative estimate of drug-likeness (QED) is 0.723. The number of carbonyl (C=O) groups excluding carboxylic acids is 2. The van der Waals surface area contributed by atoms with Crippen LogP contribution in [0.15, 0.2) is 53.5 Å². The van der Waals surface area contributed by atoms with E-state index in [9.17, 15) is 9.59 Å². The number of aliphatic imine (C=N–C) groups is 1. The van der Waals surface area contributed by atoms with Crippen LogP contribution in [0.25, 0.3) is 0 Å². The fourth-order valence-electron chi connectivity index (χ4n) is 4.44. The molecule has 4 rings (SSSR count). The van der Waals surface area contributed by atoms with Crippen LogP contribution >= 0.6 is 0 Å². The van der Waals surface area contributed by atoms with Crippen LogP contribution in [0.2, 0.25) is 0 Å². The summed E-state index contributed by atoms with van der Waals surface area (Å²) in [7, 11) is 1.74. The number of hydrogen-bond donors (Lipinski definition) is 2. The molecule has 7 heteroatoms. The number of fused-ring (bicyclic) bond motifs is 1. The molecule has 2 aliphatic rings. The summed E-state index contributed by atoms with van der Waals surface area (Å²) in [6.45, 7) is 2.50. The summed E-state index contributed by atoms with van der Waals surface area (Å²) in [5, 5.41) is 5.56. The summed E-state index contributed by atoms with van der Waals surface area (Å²) in [5.74, 6) is 0.770. The van der Waals surface area contributed by atoms with Crippen molar-refractivity contribution < 1.29 is 14.3 Å². The van der Waals surface area contributed by atoms with E-state index < -0.39 is 12.2 Å². The average Bonchev–Trinajstić information content (AvgIpc) is 2.92. The number of likely N-dealkylation sites (N-methyl/N-ethyl adjacent to an activating group) is 1. The number of urea groups is 1. The first-order valence-corrected chi connectivity index (χ1v) is 11.3. The number of ether oxygens (including phenoxy) is 1. The van der Waals surface area contributed by atoms with E-state index in [4.69, 9.17) is 9.73 Å². The molecular formula is C25H30N4O3. The first kappa shape index (κ1) is 21.9. The molecule has 1 fully saturated rings. The smallest absolute Gasteiger partial charge is 0.321 e. The second kappa shape index (κ2) is 9.85. The predicted molar refractivity (Wildman–Crippen MR) is 127 cm³/mol. The van der Waals surface area contributed by atoms with Gasteiger partial charge in [-0.2, -0.15) is 0 Å². The maximum absolute atomic E-state index is 13.2. The van der Waals surface area contributed by atoms with Gasteiger partial charge in [0.15, 0.2) is 0 Å². The third kappa shape index (κ3) is 4.77. The molecule has 1 aliphatic heterocycles. The lowest BCUT2D eigenvalue weighted by Gasteiger charge is -2.25. The second-order valence-electron chi connectivity index (χ2n) is 8.22. The SMILES string of the molecule is CCOc1ccc(NC(=O)NC2N=C(C3CCCCC3)c3ccccc3N(C)C2=O)cc1. The minimum Gasteiger partial charge on any atom is -0.494 e. The Morgan fingerprint density at radius 2 is 1.81 bits per heavy atom. The van der Waals surface area contributed by atoms with Gasteiger partial charge in [-0.05, 0) is 50.1 Å². The molecular weight excluding hydrogens is 404 g/mol. The van der Waals surface area contributed by atoms with Gasteiger partial charge in [0.2, 0.25) is 6.17 Å². The first-order chi connectivity index (χ1) is 15.6. The minimum atomic E-state index is -0.980. The largest absolute Gasteiger partial charge is 0.494 e. The molecule has 0 saturated heterocycles. The summed E-state index contributed by atoms with van der Waals surface area (Å²) >= 11 is 0. The zero-order valence-electron chi connectivity index (χ0n) is 18.6. The van der Waals surface area contributed by atoms with Gasteiger partial charge >= 0.3 is 6.03 Å². The molecule has 168 valence electrons. The van der Waals surface area contributed by atoms with E-state index in [2.05, 4.69) is 10.6 Å². The number of amides is 3. The Morgan fingerprint density at radius 3 is 2.53 bits per heavy atom. The molecule has 1 heterocycles. The number of rotatable bonds is 5. The molecule has 7 nitrogen and oxygen atoms in total. The highest BCUT2D eigenvalue weighted by Crippen LogP contribution is 2.33. The number of nitrogens with zero attached hydrogens (tertiary/aromatic N) is 2.